The van der Waals surface area contributed by atoms with Crippen LogP contribution in [0, 0.1) is 0 Å². The summed E-state index contributed by atoms with van der Waals surface area (Å²) in [5, 5.41) is 0. The predicted octanol–water partition coefficient (Wildman–Crippen LogP) is 3.86. The first kappa shape index (κ1) is 17.7. The quantitative estimate of drug-likeness (QED) is 0.404. The number of fused-ring (bicyclic) bond motifs is 4. The lowest BCUT2D eigenvalue weighted by Gasteiger charge is -2.33. The Morgan fingerprint density at radius 2 is 1.22 bits per heavy atom. The molecule has 0 amide bonds. The van der Waals surface area contributed by atoms with Crippen LogP contribution in [0.5, 0.6) is 23.0 Å². The van der Waals surface area contributed by atoms with Crippen LogP contribution in [0.15, 0.2) is 89.9 Å². The second-order valence-electron chi connectivity index (χ2n) is 8.21. The summed E-state index contributed by atoms with van der Waals surface area (Å²) < 4.78 is 18.4. The third kappa shape index (κ3) is 2.61. The average Bonchev–Trinajstić information content (AvgIpc) is 3.39. The van der Waals surface area contributed by atoms with Gasteiger partial charge in [-0.1, -0.05) is 48.5 Å². The van der Waals surface area contributed by atoms with E-state index < -0.39 is 0 Å². The van der Waals surface area contributed by atoms with Gasteiger partial charge in [-0.2, -0.15) is 0 Å². The molecule has 4 aromatic rings. The van der Waals surface area contributed by atoms with Crippen LogP contribution in [0.4, 0.5) is 0 Å². The van der Waals surface area contributed by atoms with Crippen molar-refractivity contribution in [3.8, 4) is 34.1 Å². The minimum absolute atomic E-state index is 0.101. The number of para-hydroxylation sites is 2. The van der Waals surface area contributed by atoms with Gasteiger partial charge in [0.25, 0.3) is 6.71 Å². The van der Waals surface area contributed by atoms with Crippen LogP contribution < -0.4 is 25.9 Å². The molecule has 0 bridgehead atoms. The minimum Gasteiger partial charge on any atom is -0.476 e. The topological polar surface area (TPSA) is 40.0 Å². The Kier molecular flexibility index (Phi) is 3.73. The standard InChI is InChI=1S/C27H18BNO3/c1-3-7-22-20(5-1)28-21-6-2-4-8-23(21)32-25-16-19(15-24(31-22)26(25)28)17-9-11-18(12-10-17)27-29-13-14-30-27/h1-12,15-16H,13-14H2. The van der Waals surface area contributed by atoms with Crippen molar-refractivity contribution in [1.82, 2.24) is 0 Å². The molecule has 0 N–H and O–H groups in total. The Morgan fingerprint density at radius 1 is 0.625 bits per heavy atom. The molecule has 32 heavy (non-hydrogen) atoms. The molecule has 0 spiro atoms. The summed E-state index contributed by atoms with van der Waals surface area (Å²) in [7, 11) is 0. The van der Waals surface area contributed by atoms with Crippen molar-refractivity contribution >= 4 is 29.0 Å². The largest absolute Gasteiger partial charge is 0.476 e. The van der Waals surface area contributed by atoms with E-state index in [4.69, 9.17) is 14.2 Å². The van der Waals surface area contributed by atoms with Crippen LogP contribution in [0.1, 0.15) is 5.56 Å². The van der Waals surface area contributed by atoms with Crippen molar-refractivity contribution in [2.45, 2.75) is 0 Å². The third-order valence-electron chi connectivity index (χ3n) is 6.34. The molecule has 152 valence electrons. The summed E-state index contributed by atoms with van der Waals surface area (Å²) in [5.74, 6) is 4.22. The van der Waals surface area contributed by atoms with Crippen molar-refractivity contribution in [2.75, 3.05) is 13.2 Å². The summed E-state index contributed by atoms with van der Waals surface area (Å²) in [4.78, 5) is 4.41. The van der Waals surface area contributed by atoms with E-state index >= 15 is 0 Å². The van der Waals surface area contributed by atoms with Crippen LogP contribution >= 0.6 is 0 Å². The molecule has 3 heterocycles. The number of rotatable bonds is 2. The molecule has 0 unspecified atom stereocenters. The van der Waals surface area contributed by atoms with Gasteiger partial charge in [0.05, 0.1) is 6.54 Å². The minimum atomic E-state index is 0.101. The molecule has 3 aliphatic rings. The van der Waals surface area contributed by atoms with Gasteiger partial charge in [-0.25, -0.2) is 4.99 Å². The molecular weight excluding hydrogens is 397 g/mol. The molecule has 0 saturated carbocycles. The van der Waals surface area contributed by atoms with E-state index in [9.17, 15) is 0 Å². The second kappa shape index (κ2) is 6.76. The highest BCUT2D eigenvalue weighted by Crippen LogP contribution is 2.38. The maximum absolute atomic E-state index is 6.39. The smallest absolute Gasteiger partial charge is 0.260 e. The van der Waals surface area contributed by atoms with Gasteiger partial charge in [-0.05, 0) is 58.5 Å². The van der Waals surface area contributed by atoms with Crippen LogP contribution in [0.25, 0.3) is 11.1 Å². The molecule has 3 aliphatic heterocycles. The van der Waals surface area contributed by atoms with E-state index in [0.29, 0.717) is 6.61 Å². The normalized spacial score (nSPS) is 14.9. The van der Waals surface area contributed by atoms with Crippen molar-refractivity contribution in [3.05, 3.63) is 90.5 Å². The number of benzene rings is 4. The van der Waals surface area contributed by atoms with E-state index in [1.54, 1.807) is 0 Å². The Balaban J connectivity index is 1.38. The van der Waals surface area contributed by atoms with Crippen LogP contribution in [0.2, 0.25) is 0 Å². The van der Waals surface area contributed by atoms with Gasteiger partial charge < -0.3 is 14.2 Å². The zero-order valence-corrected chi connectivity index (χ0v) is 17.2. The van der Waals surface area contributed by atoms with E-state index in [-0.39, 0.29) is 6.71 Å². The van der Waals surface area contributed by atoms with E-state index in [2.05, 4.69) is 65.7 Å². The number of nitrogens with zero attached hydrogens (tertiary/aromatic N) is 1. The first-order valence-electron chi connectivity index (χ1n) is 10.8. The SMILES string of the molecule is c1ccc2c(c1)Oc1cc(-c3ccc(C4=NCCO4)cc3)cc3c1B2c1ccccc1O3. The highest BCUT2D eigenvalue weighted by Gasteiger charge is 2.40. The molecule has 0 saturated heterocycles. The molecule has 0 fully saturated rings. The molecule has 7 rings (SSSR count). The lowest BCUT2D eigenvalue weighted by atomic mass is 9.35. The first-order valence-corrected chi connectivity index (χ1v) is 10.8. The van der Waals surface area contributed by atoms with Gasteiger partial charge in [-0.3, -0.25) is 0 Å². The maximum Gasteiger partial charge on any atom is 0.260 e. The molecule has 4 aromatic carbocycles. The van der Waals surface area contributed by atoms with Gasteiger partial charge in [0.15, 0.2) is 0 Å². The number of hydrogen-bond donors (Lipinski definition) is 0. The van der Waals surface area contributed by atoms with Gasteiger partial charge in [0.2, 0.25) is 5.90 Å². The average molecular weight is 415 g/mol. The highest BCUT2D eigenvalue weighted by atomic mass is 16.5. The third-order valence-corrected chi connectivity index (χ3v) is 6.34. The number of aliphatic imine (C=N–C) groups is 1. The van der Waals surface area contributed by atoms with Crippen LogP contribution in [-0.4, -0.2) is 25.8 Å². The lowest BCUT2D eigenvalue weighted by Crippen LogP contribution is -2.57. The molecule has 4 nitrogen and oxygen atoms in total. The number of hydrogen-bond acceptors (Lipinski definition) is 4. The fourth-order valence-electron chi connectivity index (χ4n) is 4.88. The highest BCUT2D eigenvalue weighted by molar-refractivity contribution is 6.98. The second-order valence-corrected chi connectivity index (χ2v) is 8.21. The van der Waals surface area contributed by atoms with Gasteiger partial charge in [-0.15, -0.1) is 0 Å². The summed E-state index contributed by atoms with van der Waals surface area (Å²) in [6.07, 6.45) is 0. The maximum atomic E-state index is 6.39. The molecular formula is C27H18BNO3. The van der Waals surface area contributed by atoms with Crippen molar-refractivity contribution in [2.24, 2.45) is 4.99 Å². The zero-order valence-electron chi connectivity index (χ0n) is 17.2. The Bertz CT molecular complexity index is 1340. The van der Waals surface area contributed by atoms with E-state index in [1.165, 1.54) is 10.9 Å². The first-order chi connectivity index (χ1) is 15.8. The fourth-order valence-corrected chi connectivity index (χ4v) is 4.88. The summed E-state index contributed by atoms with van der Waals surface area (Å²) in [6.45, 7) is 1.48. The Morgan fingerprint density at radius 3 is 1.81 bits per heavy atom. The Labute approximate surface area is 186 Å². The zero-order chi connectivity index (χ0) is 21.1. The summed E-state index contributed by atoms with van der Waals surface area (Å²) >= 11 is 0. The van der Waals surface area contributed by atoms with Crippen molar-refractivity contribution in [3.63, 3.8) is 0 Å². The molecule has 0 atom stereocenters. The fraction of sp³-hybridized carbons (Fsp3) is 0.0741. The van der Waals surface area contributed by atoms with Crippen LogP contribution in [-0.2, 0) is 4.74 Å². The van der Waals surface area contributed by atoms with Gasteiger partial charge >= 0.3 is 0 Å². The van der Waals surface area contributed by atoms with E-state index in [1.807, 2.05) is 24.3 Å². The van der Waals surface area contributed by atoms with Crippen molar-refractivity contribution in [1.29, 1.82) is 0 Å². The van der Waals surface area contributed by atoms with Gasteiger partial charge in [0.1, 0.15) is 29.6 Å². The molecule has 5 heteroatoms. The predicted molar refractivity (Wildman–Crippen MR) is 127 cm³/mol. The molecule has 0 radical (unpaired) electrons. The monoisotopic (exact) mass is 415 g/mol. The molecule has 0 aromatic heterocycles. The van der Waals surface area contributed by atoms with Crippen LogP contribution in [0.3, 0.4) is 0 Å². The van der Waals surface area contributed by atoms with Crippen molar-refractivity contribution < 1.29 is 14.2 Å². The number of ether oxygens (including phenoxy) is 3. The summed E-state index contributed by atoms with van der Waals surface area (Å²) in [6, 6.07) is 29.1. The summed E-state index contributed by atoms with van der Waals surface area (Å²) in [5.41, 5.74) is 6.58. The molecule has 0 aliphatic carbocycles. The Hall–Kier alpha value is -3.99. The van der Waals surface area contributed by atoms with Gasteiger partial charge in [0, 0.05) is 11.0 Å². The lowest BCUT2D eigenvalue weighted by molar-refractivity contribution is 0.348. The van der Waals surface area contributed by atoms with E-state index in [0.717, 1.165) is 57.6 Å².